The number of amides is 1. The number of thioether (sulfide) groups is 1. The van der Waals surface area contributed by atoms with Gasteiger partial charge in [0.2, 0.25) is 10.0 Å². The molecule has 8 heteroatoms. The summed E-state index contributed by atoms with van der Waals surface area (Å²) in [6, 6.07) is 11.7. The van der Waals surface area contributed by atoms with Crippen molar-refractivity contribution in [2.45, 2.75) is 4.90 Å². The van der Waals surface area contributed by atoms with Crippen molar-refractivity contribution < 1.29 is 13.2 Å². The minimum atomic E-state index is -3.51. The van der Waals surface area contributed by atoms with E-state index >= 15 is 0 Å². The van der Waals surface area contributed by atoms with Crippen LogP contribution in [-0.4, -0.2) is 26.8 Å². The standard InChI is InChI=1S/C15H15ClN2O3S2/c1-22-12-5-3-4-11(9-12)17-15(19)13-8-10(16)6-7-14(13)18-23(2,20)21/h3-9,18H,1-2H3,(H,17,19). The zero-order valence-electron chi connectivity index (χ0n) is 12.5. The fraction of sp³-hybridized carbons (Fsp3) is 0.133. The number of carbonyl (C=O) groups excluding carboxylic acids is 1. The molecule has 0 bridgehead atoms. The molecule has 0 aromatic heterocycles. The molecule has 0 aliphatic heterocycles. The lowest BCUT2D eigenvalue weighted by molar-refractivity contribution is 0.102. The molecule has 0 saturated carbocycles. The Balaban J connectivity index is 2.32. The Morgan fingerprint density at radius 2 is 1.91 bits per heavy atom. The monoisotopic (exact) mass is 370 g/mol. The van der Waals surface area contributed by atoms with E-state index in [0.717, 1.165) is 11.2 Å². The smallest absolute Gasteiger partial charge is 0.257 e. The van der Waals surface area contributed by atoms with Gasteiger partial charge in [0.1, 0.15) is 0 Å². The second-order valence-electron chi connectivity index (χ2n) is 4.75. The van der Waals surface area contributed by atoms with E-state index in [9.17, 15) is 13.2 Å². The molecule has 23 heavy (non-hydrogen) atoms. The first-order chi connectivity index (χ1) is 10.8. The van der Waals surface area contributed by atoms with Crippen molar-refractivity contribution in [2.24, 2.45) is 0 Å². The van der Waals surface area contributed by atoms with Gasteiger partial charge in [-0.3, -0.25) is 9.52 Å². The lowest BCUT2D eigenvalue weighted by Gasteiger charge is -2.12. The van der Waals surface area contributed by atoms with Crippen molar-refractivity contribution in [1.29, 1.82) is 0 Å². The first-order valence-electron chi connectivity index (χ1n) is 6.51. The molecule has 0 aliphatic rings. The van der Waals surface area contributed by atoms with Crippen molar-refractivity contribution in [3.8, 4) is 0 Å². The van der Waals surface area contributed by atoms with Gasteiger partial charge in [-0.1, -0.05) is 17.7 Å². The van der Waals surface area contributed by atoms with Gasteiger partial charge in [-0.25, -0.2) is 8.42 Å². The maximum absolute atomic E-state index is 12.5. The molecule has 0 atom stereocenters. The number of anilines is 2. The largest absolute Gasteiger partial charge is 0.322 e. The Bertz CT molecular complexity index is 838. The van der Waals surface area contributed by atoms with Crippen LogP contribution in [0.2, 0.25) is 5.02 Å². The molecular formula is C15H15ClN2O3S2. The molecular weight excluding hydrogens is 356 g/mol. The van der Waals surface area contributed by atoms with Crippen LogP contribution >= 0.6 is 23.4 Å². The lowest BCUT2D eigenvalue weighted by Crippen LogP contribution is -2.17. The predicted octanol–water partition coefficient (Wildman–Crippen LogP) is 3.69. The van der Waals surface area contributed by atoms with Gasteiger partial charge in [0, 0.05) is 15.6 Å². The highest BCUT2D eigenvalue weighted by Gasteiger charge is 2.15. The number of rotatable bonds is 5. The topological polar surface area (TPSA) is 75.3 Å². The minimum Gasteiger partial charge on any atom is -0.322 e. The molecule has 0 radical (unpaired) electrons. The molecule has 0 unspecified atom stereocenters. The molecule has 0 saturated heterocycles. The molecule has 0 fully saturated rings. The second-order valence-corrected chi connectivity index (χ2v) is 7.81. The van der Waals surface area contributed by atoms with Gasteiger partial charge in [0.05, 0.1) is 17.5 Å². The summed E-state index contributed by atoms with van der Waals surface area (Å²) in [5.41, 5.74) is 0.944. The summed E-state index contributed by atoms with van der Waals surface area (Å²) in [5.74, 6) is -0.447. The van der Waals surface area contributed by atoms with Crippen LogP contribution in [0.15, 0.2) is 47.4 Å². The summed E-state index contributed by atoms with van der Waals surface area (Å²) in [6.07, 6.45) is 2.96. The summed E-state index contributed by atoms with van der Waals surface area (Å²) < 4.78 is 25.2. The Morgan fingerprint density at radius 1 is 1.17 bits per heavy atom. The third-order valence-electron chi connectivity index (χ3n) is 2.85. The van der Waals surface area contributed by atoms with Gasteiger partial charge in [-0.15, -0.1) is 11.8 Å². The number of benzene rings is 2. The van der Waals surface area contributed by atoms with Crippen molar-refractivity contribution in [3.05, 3.63) is 53.1 Å². The predicted molar refractivity (Wildman–Crippen MR) is 96.1 cm³/mol. The highest BCUT2D eigenvalue weighted by molar-refractivity contribution is 7.98. The molecule has 1 amide bonds. The van der Waals surface area contributed by atoms with Crippen LogP contribution in [0.25, 0.3) is 0 Å². The van der Waals surface area contributed by atoms with Crippen LogP contribution in [0.5, 0.6) is 0 Å². The fourth-order valence-corrected chi connectivity index (χ4v) is 3.10. The van der Waals surface area contributed by atoms with Gasteiger partial charge in [-0.2, -0.15) is 0 Å². The molecule has 2 aromatic rings. The Morgan fingerprint density at radius 3 is 2.57 bits per heavy atom. The maximum atomic E-state index is 12.5. The molecule has 0 aliphatic carbocycles. The van der Waals surface area contributed by atoms with Crippen LogP contribution in [0.3, 0.4) is 0 Å². The van der Waals surface area contributed by atoms with Crippen LogP contribution < -0.4 is 10.0 Å². The van der Waals surface area contributed by atoms with Gasteiger partial charge in [0.25, 0.3) is 5.91 Å². The molecule has 2 N–H and O–H groups in total. The molecule has 0 spiro atoms. The van der Waals surface area contributed by atoms with E-state index in [2.05, 4.69) is 10.0 Å². The third-order valence-corrected chi connectivity index (χ3v) is 4.40. The van der Waals surface area contributed by atoms with E-state index in [1.54, 1.807) is 17.8 Å². The van der Waals surface area contributed by atoms with Crippen molar-refractivity contribution in [2.75, 3.05) is 22.6 Å². The molecule has 2 aromatic carbocycles. The molecule has 0 heterocycles. The molecule has 2 rings (SSSR count). The van der Waals surface area contributed by atoms with E-state index < -0.39 is 15.9 Å². The van der Waals surface area contributed by atoms with E-state index in [4.69, 9.17) is 11.6 Å². The summed E-state index contributed by atoms with van der Waals surface area (Å²) in [6.45, 7) is 0. The SMILES string of the molecule is CSc1cccc(NC(=O)c2cc(Cl)ccc2NS(C)(=O)=O)c1. The number of carbonyl (C=O) groups is 1. The zero-order valence-corrected chi connectivity index (χ0v) is 14.8. The van der Waals surface area contributed by atoms with E-state index in [-0.39, 0.29) is 11.3 Å². The van der Waals surface area contributed by atoms with Gasteiger partial charge >= 0.3 is 0 Å². The summed E-state index contributed by atoms with van der Waals surface area (Å²) >= 11 is 7.48. The van der Waals surface area contributed by atoms with Crippen molar-refractivity contribution in [3.63, 3.8) is 0 Å². The maximum Gasteiger partial charge on any atom is 0.257 e. The van der Waals surface area contributed by atoms with E-state index in [0.29, 0.717) is 10.7 Å². The average Bonchev–Trinajstić information content (AvgIpc) is 2.48. The van der Waals surface area contributed by atoms with Crippen LogP contribution in [0, 0.1) is 0 Å². The number of halogens is 1. The minimum absolute atomic E-state index is 0.150. The quantitative estimate of drug-likeness (QED) is 0.787. The average molecular weight is 371 g/mol. The first-order valence-corrected chi connectivity index (χ1v) is 10.0. The summed E-state index contributed by atoms with van der Waals surface area (Å²) in [5, 5.41) is 3.08. The highest BCUT2D eigenvalue weighted by atomic mass is 35.5. The van der Waals surface area contributed by atoms with E-state index in [1.165, 1.54) is 18.2 Å². The Hall–Kier alpha value is -1.70. The number of nitrogens with one attached hydrogen (secondary N) is 2. The van der Waals surface area contributed by atoms with Gasteiger partial charge < -0.3 is 5.32 Å². The lowest BCUT2D eigenvalue weighted by atomic mass is 10.1. The van der Waals surface area contributed by atoms with Crippen LogP contribution in [0.1, 0.15) is 10.4 Å². The molecule has 5 nitrogen and oxygen atoms in total. The van der Waals surface area contributed by atoms with Crippen molar-refractivity contribution >= 4 is 50.7 Å². The first kappa shape index (κ1) is 17.7. The number of sulfonamides is 1. The fourth-order valence-electron chi connectivity index (χ4n) is 1.89. The van der Waals surface area contributed by atoms with Gasteiger partial charge in [-0.05, 0) is 42.7 Å². The number of hydrogen-bond donors (Lipinski definition) is 2. The Kier molecular flexibility index (Phi) is 5.56. The Labute approximate surface area is 144 Å². The number of hydrogen-bond acceptors (Lipinski definition) is 4. The second kappa shape index (κ2) is 7.25. The highest BCUT2D eigenvalue weighted by Crippen LogP contribution is 2.24. The van der Waals surface area contributed by atoms with Gasteiger partial charge in [0.15, 0.2) is 0 Å². The normalized spacial score (nSPS) is 11.1. The van der Waals surface area contributed by atoms with E-state index in [1.807, 2.05) is 24.5 Å². The van der Waals surface area contributed by atoms with Crippen LogP contribution in [-0.2, 0) is 10.0 Å². The summed E-state index contributed by atoms with van der Waals surface area (Å²) in [7, 11) is -3.51. The zero-order chi connectivity index (χ0) is 17.0. The molecule has 122 valence electrons. The van der Waals surface area contributed by atoms with Crippen molar-refractivity contribution in [1.82, 2.24) is 0 Å². The van der Waals surface area contributed by atoms with Crippen LogP contribution in [0.4, 0.5) is 11.4 Å². The summed E-state index contributed by atoms with van der Waals surface area (Å²) in [4.78, 5) is 13.5. The third kappa shape index (κ3) is 5.16.